The second kappa shape index (κ2) is 10.3. The van der Waals surface area contributed by atoms with Crippen LogP contribution in [0.15, 0.2) is 30.5 Å². The quantitative estimate of drug-likeness (QED) is 0.696. The molecule has 0 unspecified atom stereocenters. The molecule has 8 heteroatoms. The van der Waals surface area contributed by atoms with E-state index in [4.69, 9.17) is 4.74 Å². The Hall–Kier alpha value is -2.42. The van der Waals surface area contributed by atoms with E-state index in [1.165, 1.54) is 0 Å². The first-order valence-electron chi connectivity index (χ1n) is 11.3. The molecule has 0 radical (unpaired) electrons. The summed E-state index contributed by atoms with van der Waals surface area (Å²) in [4.78, 5) is 17.9. The lowest BCUT2D eigenvalue weighted by atomic mass is 9.91. The molecule has 8 nitrogen and oxygen atoms in total. The van der Waals surface area contributed by atoms with Gasteiger partial charge in [0.25, 0.3) is 5.91 Å². The molecule has 0 bridgehead atoms. The van der Waals surface area contributed by atoms with Crippen molar-refractivity contribution in [1.29, 1.82) is 0 Å². The zero-order valence-corrected chi connectivity index (χ0v) is 18.6. The lowest BCUT2D eigenvalue weighted by Gasteiger charge is -2.32. The zero-order chi connectivity index (χ0) is 21.6. The number of piperidine rings is 1. The van der Waals surface area contributed by atoms with Crippen molar-refractivity contribution in [3.05, 3.63) is 41.7 Å². The molecular weight excluding hydrogens is 392 g/mol. The summed E-state index contributed by atoms with van der Waals surface area (Å²) >= 11 is 0. The Morgan fingerprint density at radius 3 is 2.55 bits per heavy atom. The van der Waals surface area contributed by atoms with Gasteiger partial charge in [-0.2, -0.15) is 5.10 Å². The molecule has 1 aromatic heterocycles. The van der Waals surface area contributed by atoms with Gasteiger partial charge in [0.2, 0.25) is 0 Å². The number of hydrogen-bond donors (Lipinski definition) is 2. The molecule has 2 fully saturated rings. The SMILES string of the molecule is COc1ccc(-n2ncc(C(=O)NCCN3CCN(C)CC3)c2C2CCNCC2)cc1. The minimum Gasteiger partial charge on any atom is -0.497 e. The minimum absolute atomic E-state index is 0.0255. The predicted octanol–water partition coefficient (Wildman–Crippen LogP) is 1.33. The number of rotatable bonds is 7. The van der Waals surface area contributed by atoms with Gasteiger partial charge in [-0.1, -0.05) is 0 Å². The molecule has 0 spiro atoms. The van der Waals surface area contributed by atoms with Crippen molar-refractivity contribution in [2.75, 3.05) is 66.5 Å². The van der Waals surface area contributed by atoms with Crippen LogP contribution in [0, 0.1) is 0 Å². The van der Waals surface area contributed by atoms with Crippen LogP contribution < -0.4 is 15.4 Å². The van der Waals surface area contributed by atoms with Crippen molar-refractivity contribution in [3.63, 3.8) is 0 Å². The number of nitrogens with one attached hydrogen (secondary N) is 2. The van der Waals surface area contributed by atoms with Crippen molar-refractivity contribution in [3.8, 4) is 11.4 Å². The van der Waals surface area contributed by atoms with Crippen LogP contribution in [0.25, 0.3) is 5.69 Å². The van der Waals surface area contributed by atoms with Gasteiger partial charge < -0.3 is 20.3 Å². The van der Waals surface area contributed by atoms with E-state index in [-0.39, 0.29) is 5.91 Å². The maximum atomic E-state index is 13.1. The number of hydrogen-bond acceptors (Lipinski definition) is 6. The summed E-state index contributed by atoms with van der Waals surface area (Å²) < 4.78 is 7.22. The average Bonchev–Trinajstić information content (AvgIpc) is 3.26. The molecule has 2 saturated heterocycles. The summed E-state index contributed by atoms with van der Waals surface area (Å²) in [5.74, 6) is 1.09. The summed E-state index contributed by atoms with van der Waals surface area (Å²) in [5, 5.41) is 11.2. The maximum absolute atomic E-state index is 13.1. The molecule has 2 aromatic rings. The maximum Gasteiger partial charge on any atom is 0.254 e. The largest absolute Gasteiger partial charge is 0.497 e. The fourth-order valence-electron chi connectivity index (χ4n) is 4.44. The highest BCUT2D eigenvalue weighted by Crippen LogP contribution is 2.30. The highest BCUT2D eigenvalue weighted by atomic mass is 16.5. The van der Waals surface area contributed by atoms with Gasteiger partial charge in [-0.05, 0) is 57.2 Å². The fourth-order valence-corrected chi connectivity index (χ4v) is 4.44. The summed E-state index contributed by atoms with van der Waals surface area (Å²) in [7, 11) is 3.82. The van der Waals surface area contributed by atoms with Gasteiger partial charge in [-0.15, -0.1) is 0 Å². The Bertz CT molecular complexity index is 851. The van der Waals surface area contributed by atoms with Gasteiger partial charge >= 0.3 is 0 Å². The van der Waals surface area contributed by atoms with Crippen LogP contribution in [0.5, 0.6) is 5.75 Å². The second-order valence-electron chi connectivity index (χ2n) is 8.48. The Kier molecular flexibility index (Phi) is 7.21. The zero-order valence-electron chi connectivity index (χ0n) is 18.6. The van der Waals surface area contributed by atoms with E-state index in [1.807, 2.05) is 28.9 Å². The van der Waals surface area contributed by atoms with E-state index in [1.54, 1.807) is 13.3 Å². The number of methoxy groups -OCH3 is 1. The third-order valence-corrected chi connectivity index (χ3v) is 6.40. The second-order valence-corrected chi connectivity index (χ2v) is 8.48. The Balaban J connectivity index is 1.49. The lowest BCUT2D eigenvalue weighted by molar-refractivity contribution is 0.0939. The fraction of sp³-hybridized carbons (Fsp3) is 0.565. The Morgan fingerprint density at radius 1 is 1.16 bits per heavy atom. The van der Waals surface area contributed by atoms with Crippen LogP contribution in [0.1, 0.15) is 34.8 Å². The summed E-state index contributed by atoms with van der Waals surface area (Å²) in [6.07, 6.45) is 3.74. The van der Waals surface area contributed by atoms with Crippen molar-refractivity contribution in [2.24, 2.45) is 0 Å². The van der Waals surface area contributed by atoms with Crippen molar-refractivity contribution < 1.29 is 9.53 Å². The molecular formula is C23H34N6O2. The number of ether oxygens (including phenoxy) is 1. The van der Waals surface area contributed by atoms with Crippen LogP contribution in [0.4, 0.5) is 0 Å². The third-order valence-electron chi connectivity index (χ3n) is 6.40. The molecule has 1 aromatic carbocycles. The van der Waals surface area contributed by atoms with E-state index in [0.29, 0.717) is 18.0 Å². The summed E-state index contributed by atoms with van der Waals surface area (Å²) in [6.45, 7) is 7.75. The standard InChI is InChI=1S/C23H34N6O2/c1-27-13-15-28(16-14-27)12-11-25-23(30)21-17-26-29(19-3-5-20(31-2)6-4-19)22(21)18-7-9-24-10-8-18/h3-6,17-18,24H,7-16H2,1-2H3,(H,25,30). The van der Waals surface area contributed by atoms with Gasteiger partial charge in [0.05, 0.1) is 30.3 Å². The number of piperazine rings is 1. The molecule has 31 heavy (non-hydrogen) atoms. The first kappa shape index (κ1) is 21.8. The number of benzene rings is 1. The van der Waals surface area contributed by atoms with E-state index in [2.05, 4.69) is 32.6 Å². The van der Waals surface area contributed by atoms with Crippen molar-refractivity contribution >= 4 is 5.91 Å². The monoisotopic (exact) mass is 426 g/mol. The lowest BCUT2D eigenvalue weighted by Crippen LogP contribution is -2.47. The van der Waals surface area contributed by atoms with Crippen LogP contribution in [-0.2, 0) is 0 Å². The first-order chi connectivity index (χ1) is 15.2. The highest BCUT2D eigenvalue weighted by Gasteiger charge is 2.27. The van der Waals surface area contributed by atoms with E-state index >= 15 is 0 Å². The molecule has 0 aliphatic carbocycles. The number of nitrogens with zero attached hydrogens (tertiary/aromatic N) is 4. The van der Waals surface area contributed by atoms with Crippen molar-refractivity contribution in [1.82, 2.24) is 30.2 Å². The molecule has 0 atom stereocenters. The molecule has 168 valence electrons. The molecule has 2 aliphatic heterocycles. The smallest absolute Gasteiger partial charge is 0.254 e. The molecule has 2 N–H and O–H groups in total. The number of carbonyl (C=O) groups excluding carboxylic acids is 1. The van der Waals surface area contributed by atoms with Crippen LogP contribution >= 0.6 is 0 Å². The molecule has 0 saturated carbocycles. The van der Waals surface area contributed by atoms with Gasteiger partial charge in [0, 0.05) is 45.2 Å². The van der Waals surface area contributed by atoms with E-state index in [0.717, 1.165) is 75.8 Å². The molecule has 2 aliphatic rings. The molecule has 1 amide bonds. The normalized spacial score (nSPS) is 18.8. The van der Waals surface area contributed by atoms with Gasteiger partial charge in [0.15, 0.2) is 0 Å². The number of aromatic nitrogens is 2. The number of likely N-dealkylation sites (N-methyl/N-ethyl adjacent to an activating group) is 1. The number of carbonyl (C=O) groups is 1. The predicted molar refractivity (Wildman–Crippen MR) is 121 cm³/mol. The first-order valence-corrected chi connectivity index (χ1v) is 11.3. The van der Waals surface area contributed by atoms with Gasteiger partial charge in [0.1, 0.15) is 5.75 Å². The van der Waals surface area contributed by atoms with Crippen LogP contribution in [0.2, 0.25) is 0 Å². The summed E-state index contributed by atoms with van der Waals surface area (Å²) in [6, 6.07) is 7.84. The van der Waals surface area contributed by atoms with Gasteiger partial charge in [-0.25, -0.2) is 4.68 Å². The Morgan fingerprint density at radius 2 is 1.87 bits per heavy atom. The van der Waals surface area contributed by atoms with Crippen LogP contribution in [0.3, 0.4) is 0 Å². The average molecular weight is 427 g/mol. The highest BCUT2D eigenvalue weighted by molar-refractivity contribution is 5.95. The Labute approximate surface area is 184 Å². The van der Waals surface area contributed by atoms with Gasteiger partial charge in [-0.3, -0.25) is 9.69 Å². The van der Waals surface area contributed by atoms with Crippen molar-refractivity contribution in [2.45, 2.75) is 18.8 Å². The minimum atomic E-state index is -0.0255. The van der Waals surface area contributed by atoms with E-state index < -0.39 is 0 Å². The van der Waals surface area contributed by atoms with Crippen LogP contribution in [-0.4, -0.2) is 92.0 Å². The number of amides is 1. The molecule has 3 heterocycles. The topological polar surface area (TPSA) is 74.7 Å². The third kappa shape index (κ3) is 5.26. The molecule has 4 rings (SSSR count). The summed E-state index contributed by atoms with van der Waals surface area (Å²) in [5.41, 5.74) is 2.66. The van der Waals surface area contributed by atoms with E-state index in [9.17, 15) is 4.79 Å².